The van der Waals surface area contributed by atoms with E-state index >= 15 is 0 Å². The van der Waals surface area contributed by atoms with Gasteiger partial charge in [-0.05, 0) is 33.6 Å². The van der Waals surface area contributed by atoms with Gasteiger partial charge in [-0.15, -0.1) is 0 Å². The van der Waals surface area contributed by atoms with E-state index in [1.807, 2.05) is 27.8 Å². The van der Waals surface area contributed by atoms with Gasteiger partial charge in [-0.25, -0.2) is 9.69 Å². The lowest BCUT2D eigenvalue weighted by Crippen LogP contribution is -3.12. The van der Waals surface area contributed by atoms with E-state index in [0.29, 0.717) is 0 Å². The van der Waals surface area contributed by atoms with Crippen molar-refractivity contribution in [1.29, 1.82) is 0 Å². The van der Waals surface area contributed by atoms with Crippen LogP contribution in [0.5, 0.6) is 0 Å². The predicted molar refractivity (Wildman–Crippen MR) is 90.3 cm³/mol. The average Bonchev–Trinajstić information content (AvgIpc) is 2.62. The monoisotopic (exact) mass is 339 g/mol. The molecule has 2 aliphatic rings. The standard InChI is InChI=1S/C17H30N4O3/c1-16(2,3)18-13(22)11-20(4)12-21-14(23)17(19-15(21)24)9-7-5-6-8-10-17/h5-12H2,1-4H3,(H,18,22)(H,19,24)/p+1. The van der Waals surface area contributed by atoms with Crippen LogP contribution in [0.4, 0.5) is 4.79 Å². The molecule has 136 valence electrons. The van der Waals surface area contributed by atoms with Gasteiger partial charge < -0.3 is 15.5 Å². The molecular formula is C17H31N4O3+. The Bertz CT molecular complexity index is 504. The molecule has 1 heterocycles. The van der Waals surface area contributed by atoms with E-state index in [1.54, 1.807) is 0 Å². The van der Waals surface area contributed by atoms with Crippen LogP contribution in [0.2, 0.25) is 0 Å². The zero-order valence-electron chi connectivity index (χ0n) is 15.3. The van der Waals surface area contributed by atoms with Gasteiger partial charge in [0.05, 0.1) is 7.05 Å². The van der Waals surface area contributed by atoms with E-state index in [-0.39, 0.29) is 36.6 Å². The Morgan fingerprint density at radius 2 is 1.79 bits per heavy atom. The topological polar surface area (TPSA) is 82.9 Å². The summed E-state index contributed by atoms with van der Waals surface area (Å²) in [6.45, 7) is 6.21. The number of hydrogen-bond donors (Lipinski definition) is 3. The highest BCUT2D eigenvalue weighted by Gasteiger charge is 2.51. The molecule has 7 nitrogen and oxygen atoms in total. The third kappa shape index (κ3) is 4.47. The summed E-state index contributed by atoms with van der Waals surface area (Å²) in [7, 11) is 1.82. The van der Waals surface area contributed by atoms with Crippen molar-refractivity contribution < 1.29 is 19.3 Å². The summed E-state index contributed by atoms with van der Waals surface area (Å²) in [4.78, 5) is 39.2. The lowest BCUT2D eigenvalue weighted by molar-refractivity contribution is -0.879. The van der Waals surface area contributed by atoms with Gasteiger partial charge in [-0.2, -0.15) is 0 Å². The van der Waals surface area contributed by atoms with Crippen molar-refractivity contribution in [1.82, 2.24) is 15.5 Å². The van der Waals surface area contributed by atoms with Crippen LogP contribution in [0.3, 0.4) is 0 Å². The summed E-state index contributed by atoms with van der Waals surface area (Å²) in [5.74, 6) is -0.207. The summed E-state index contributed by atoms with van der Waals surface area (Å²) < 4.78 is 0. The molecule has 0 aromatic heterocycles. The van der Waals surface area contributed by atoms with Crippen molar-refractivity contribution in [3.8, 4) is 0 Å². The van der Waals surface area contributed by atoms with Crippen molar-refractivity contribution in [2.75, 3.05) is 20.3 Å². The van der Waals surface area contributed by atoms with Gasteiger partial charge in [0.2, 0.25) is 0 Å². The third-order valence-corrected chi connectivity index (χ3v) is 4.61. The number of likely N-dealkylation sites (N-methyl/N-ethyl adjacent to an activating group) is 1. The second-order valence-corrected chi connectivity index (χ2v) is 8.25. The molecule has 2 fully saturated rings. The highest BCUT2D eigenvalue weighted by molar-refractivity contribution is 6.06. The van der Waals surface area contributed by atoms with Crippen LogP contribution in [-0.4, -0.2) is 54.1 Å². The second-order valence-electron chi connectivity index (χ2n) is 8.25. The lowest BCUT2D eigenvalue weighted by Gasteiger charge is -2.26. The number of amides is 4. The first kappa shape index (κ1) is 18.7. The molecule has 1 atom stereocenters. The maximum atomic E-state index is 12.8. The van der Waals surface area contributed by atoms with Crippen LogP contribution in [0.15, 0.2) is 0 Å². The maximum absolute atomic E-state index is 12.8. The number of hydrogen-bond acceptors (Lipinski definition) is 3. The molecule has 1 unspecified atom stereocenters. The molecule has 1 aliphatic heterocycles. The van der Waals surface area contributed by atoms with Crippen LogP contribution in [-0.2, 0) is 9.59 Å². The third-order valence-electron chi connectivity index (χ3n) is 4.61. The van der Waals surface area contributed by atoms with Gasteiger partial charge >= 0.3 is 6.03 Å². The maximum Gasteiger partial charge on any atom is 0.329 e. The van der Waals surface area contributed by atoms with Gasteiger partial charge in [-0.3, -0.25) is 9.59 Å². The fourth-order valence-electron chi connectivity index (χ4n) is 3.55. The number of imide groups is 1. The van der Waals surface area contributed by atoms with E-state index in [0.717, 1.165) is 43.4 Å². The fraction of sp³-hybridized carbons (Fsp3) is 0.824. The Hall–Kier alpha value is -1.63. The summed E-state index contributed by atoms with van der Waals surface area (Å²) >= 11 is 0. The number of carbonyl (C=O) groups excluding carboxylic acids is 3. The molecule has 2 rings (SSSR count). The number of nitrogens with zero attached hydrogens (tertiary/aromatic N) is 1. The van der Waals surface area contributed by atoms with Gasteiger partial charge in [-0.1, -0.05) is 25.7 Å². The molecule has 7 heteroatoms. The first-order valence-electron chi connectivity index (χ1n) is 8.89. The number of nitrogens with one attached hydrogen (secondary N) is 3. The number of rotatable bonds is 4. The summed E-state index contributed by atoms with van der Waals surface area (Å²) in [6.07, 6.45) is 5.61. The minimum absolute atomic E-state index is 0.0868. The molecule has 24 heavy (non-hydrogen) atoms. The first-order chi connectivity index (χ1) is 11.1. The number of carbonyl (C=O) groups is 3. The van der Waals surface area contributed by atoms with Gasteiger partial charge in [0.1, 0.15) is 5.54 Å². The molecule has 1 spiro atoms. The van der Waals surface area contributed by atoms with E-state index in [9.17, 15) is 14.4 Å². The van der Waals surface area contributed by atoms with Crippen molar-refractivity contribution in [2.24, 2.45) is 0 Å². The Labute approximate surface area is 144 Å². The normalized spacial score (nSPS) is 22.2. The second kappa shape index (κ2) is 7.09. The smallest absolute Gasteiger partial charge is 0.329 e. The minimum atomic E-state index is -0.707. The quantitative estimate of drug-likeness (QED) is 0.632. The SMILES string of the molecule is C[NH+](CC(=O)NC(C)(C)C)CN1C(=O)NC2(CCCCCC2)C1=O. The summed E-state index contributed by atoms with van der Waals surface area (Å²) in [5.41, 5.74) is -0.996. The Morgan fingerprint density at radius 1 is 1.21 bits per heavy atom. The Morgan fingerprint density at radius 3 is 2.33 bits per heavy atom. The van der Waals surface area contributed by atoms with Crippen molar-refractivity contribution in [3.63, 3.8) is 0 Å². The van der Waals surface area contributed by atoms with Crippen LogP contribution < -0.4 is 15.5 Å². The average molecular weight is 339 g/mol. The Balaban J connectivity index is 1.95. The van der Waals surface area contributed by atoms with Gasteiger partial charge in [0, 0.05) is 5.54 Å². The molecule has 1 saturated heterocycles. The fourth-order valence-corrected chi connectivity index (χ4v) is 3.55. The van der Waals surface area contributed by atoms with Crippen LogP contribution >= 0.6 is 0 Å². The van der Waals surface area contributed by atoms with Gasteiger partial charge in [0.25, 0.3) is 11.8 Å². The molecule has 0 aromatic rings. The highest BCUT2D eigenvalue weighted by atomic mass is 16.2. The molecule has 1 saturated carbocycles. The molecule has 0 aromatic carbocycles. The van der Waals surface area contributed by atoms with Crippen molar-refractivity contribution in [3.05, 3.63) is 0 Å². The number of urea groups is 1. The first-order valence-corrected chi connectivity index (χ1v) is 8.89. The zero-order valence-corrected chi connectivity index (χ0v) is 15.3. The summed E-state index contributed by atoms with van der Waals surface area (Å²) in [5, 5.41) is 5.83. The molecule has 1 aliphatic carbocycles. The Kier molecular flexibility index (Phi) is 5.52. The largest absolute Gasteiger partial charge is 0.347 e. The van der Waals surface area contributed by atoms with Crippen LogP contribution in [0.25, 0.3) is 0 Å². The van der Waals surface area contributed by atoms with E-state index < -0.39 is 5.54 Å². The molecular weight excluding hydrogens is 308 g/mol. The van der Waals surface area contributed by atoms with E-state index in [2.05, 4.69) is 10.6 Å². The molecule has 0 radical (unpaired) electrons. The minimum Gasteiger partial charge on any atom is -0.347 e. The zero-order chi connectivity index (χ0) is 18.0. The predicted octanol–water partition coefficient (Wildman–Crippen LogP) is 0.0181. The van der Waals surface area contributed by atoms with Crippen LogP contribution in [0.1, 0.15) is 59.3 Å². The highest BCUT2D eigenvalue weighted by Crippen LogP contribution is 2.32. The molecule has 4 amide bonds. The van der Waals surface area contributed by atoms with Crippen molar-refractivity contribution in [2.45, 2.75) is 70.4 Å². The van der Waals surface area contributed by atoms with Gasteiger partial charge in [0.15, 0.2) is 13.2 Å². The van der Waals surface area contributed by atoms with Crippen molar-refractivity contribution >= 4 is 17.8 Å². The molecule has 3 N–H and O–H groups in total. The van der Waals surface area contributed by atoms with E-state index in [1.165, 1.54) is 4.90 Å². The lowest BCUT2D eigenvalue weighted by atomic mass is 9.90. The van der Waals surface area contributed by atoms with Crippen LogP contribution in [0, 0.1) is 0 Å². The number of quaternary nitrogens is 1. The molecule has 0 bridgehead atoms. The summed E-state index contributed by atoms with van der Waals surface area (Å²) in [6, 6.07) is -0.322. The van der Waals surface area contributed by atoms with E-state index in [4.69, 9.17) is 0 Å².